The Kier molecular flexibility index (Phi) is 8.67. The number of anilines is 1. The molecule has 36 heavy (non-hydrogen) atoms. The highest BCUT2D eigenvalue weighted by molar-refractivity contribution is 5.94. The van der Waals surface area contributed by atoms with Crippen LogP contribution in [0, 0.1) is 0 Å². The van der Waals surface area contributed by atoms with Gasteiger partial charge in [0.15, 0.2) is 6.61 Å². The number of esters is 1. The molecule has 0 atom stereocenters. The van der Waals surface area contributed by atoms with Crippen molar-refractivity contribution in [3.05, 3.63) is 95.6 Å². The molecule has 1 heterocycles. The average molecular weight is 487 g/mol. The maximum atomic E-state index is 12.5. The van der Waals surface area contributed by atoms with Gasteiger partial charge in [0.25, 0.3) is 5.91 Å². The number of nitrogens with one attached hydrogen (secondary N) is 1. The van der Waals surface area contributed by atoms with E-state index in [-0.39, 0.29) is 12.5 Å². The van der Waals surface area contributed by atoms with Gasteiger partial charge in [-0.05, 0) is 47.5 Å². The van der Waals surface area contributed by atoms with E-state index in [1.807, 2.05) is 36.4 Å². The van der Waals surface area contributed by atoms with E-state index in [1.54, 1.807) is 18.2 Å². The lowest BCUT2D eigenvalue weighted by Crippen LogP contribution is -2.45. The topological polar surface area (TPSA) is 83.5 Å². The number of benzene rings is 3. The van der Waals surface area contributed by atoms with Crippen LogP contribution in [0.2, 0.25) is 0 Å². The fraction of sp³-hybridized carbons (Fsp3) is 0.250. The zero-order chi connectivity index (χ0) is 25.2. The number of carbonyl (C=O) groups is 2. The summed E-state index contributed by atoms with van der Waals surface area (Å²) in [7, 11) is 1.30. The third kappa shape index (κ3) is 7.16. The lowest BCUT2D eigenvalue weighted by atomic mass is 10.1. The summed E-state index contributed by atoms with van der Waals surface area (Å²) in [5.74, 6) is -0.238. The van der Waals surface area contributed by atoms with Crippen LogP contribution in [0.4, 0.5) is 5.69 Å². The molecular weight excluding hydrogens is 456 g/mol. The summed E-state index contributed by atoms with van der Waals surface area (Å²) in [5, 5.41) is 4.03. The van der Waals surface area contributed by atoms with Crippen molar-refractivity contribution in [3.8, 4) is 5.75 Å². The molecule has 0 bridgehead atoms. The summed E-state index contributed by atoms with van der Waals surface area (Å²) >= 11 is 0. The van der Waals surface area contributed by atoms with E-state index < -0.39 is 5.97 Å². The molecule has 1 aliphatic rings. The van der Waals surface area contributed by atoms with E-state index in [0.717, 1.165) is 38.3 Å². The van der Waals surface area contributed by atoms with E-state index in [2.05, 4.69) is 49.3 Å². The van der Waals surface area contributed by atoms with Crippen molar-refractivity contribution in [3.63, 3.8) is 0 Å². The Morgan fingerprint density at radius 2 is 1.69 bits per heavy atom. The third-order valence-electron chi connectivity index (χ3n) is 5.94. The van der Waals surface area contributed by atoms with Gasteiger partial charge >= 0.3 is 5.97 Å². The molecule has 1 aliphatic heterocycles. The number of nitrogens with zero attached hydrogens (tertiary/aromatic N) is 3. The highest BCUT2D eigenvalue weighted by atomic mass is 16.6. The van der Waals surface area contributed by atoms with Crippen LogP contribution < -0.4 is 15.1 Å². The summed E-state index contributed by atoms with van der Waals surface area (Å²) < 4.78 is 9.92. The lowest BCUT2D eigenvalue weighted by molar-refractivity contribution is -0.142. The molecule has 0 unspecified atom stereocenters. The van der Waals surface area contributed by atoms with Crippen LogP contribution in [-0.4, -0.2) is 62.9 Å². The molecular formula is C28H30N4O4. The first-order valence-electron chi connectivity index (χ1n) is 11.8. The molecule has 1 fully saturated rings. The molecule has 0 radical (unpaired) electrons. The number of piperazine rings is 1. The van der Waals surface area contributed by atoms with Crippen molar-refractivity contribution in [1.29, 1.82) is 0 Å². The third-order valence-corrected chi connectivity index (χ3v) is 5.94. The minimum absolute atomic E-state index is 0.173. The zero-order valence-corrected chi connectivity index (χ0v) is 20.3. The molecule has 3 aromatic carbocycles. The Balaban J connectivity index is 1.23. The standard InChI is InChI=1S/C28H30N4O4/c1-35-27(33)21-36-26-9-5-6-23(18-26)19-29-30-28(34)24-12-10-22(11-13-24)20-31-14-16-32(17-15-31)25-7-3-2-4-8-25/h2-13,18-19H,14-17,20-21H2,1H3,(H,30,34)/b29-19-. The maximum Gasteiger partial charge on any atom is 0.343 e. The molecule has 0 aromatic heterocycles. The number of rotatable bonds is 9. The largest absolute Gasteiger partial charge is 0.482 e. The smallest absolute Gasteiger partial charge is 0.343 e. The highest BCUT2D eigenvalue weighted by Gasteiger charge is 2.17. The summed E-state index contributed by atoms with van der Waals surface area (Å²) in [4.78, 5) is 28.5. The van der Waals surface area contributed by atoms with E-state index in [9.17, 15) is 9.59 Å². The molecule has 8 nitrogen and oxygen atoms in total. The Bertz CT molecular complexity index is 1170. The van der Waals surface area contributed by atoms with Gasteiger partial charge in [0.1, 0.15) is 5.75 Å². The fourth-order valence-corrected chi connectivity index (χ4v) is 3.94. The summed E-state index contributed by atoms with van der Waals surface area (Å²) in [5.41, 5.74) is 6.26. The minimum Gasteiger partial charge on any atom is -0.482 e. The van der Waals surface area contributed by atoms with Crippen molar-refractivity contribution >= 4 is 23.8 Å². The number of carbonyl (C=O) groups excluding carboxylic acids is 2. The molecule has 1 amide bonds. The van der Waals surface area contributed by atoms with Gasteiger partial charge in [-0.3, -0.25) is 9.69 Å². The van der Waals surface area contributed by atoms with E-state index in [4.69, 9.17) is 4.74 Å². The Morgan fingerprint density at radius 1 is 0.944 bits per heavy atom. The number of hydrogen-bond donors (Lipinski definition) is 1. The quantitative estimate of drug-likeness (QED) is 0.284. The van der Waals surface area contributed by atoms with Crippen molar-refractivity contribution in [2.45, 2.75) is 6.54 Å². The van der Waals surface area contributed by atoms with Gasteiger partial charge in [0.05, 0.1) is 13.3 Å². The van der Waals surface area contributed by atoms with E-state index in [1.165, 1.54) is 24.6 Å². The average Bonchev–Trinajstić information content (AvgIpc) is 2.93. The number of amides is 1. The van der Waals surface area contributed by atoms with E-state index in [0.29, 0.717) is 11.3 Å². The van der Waals surface area contributed by atoms with Crippen molar-refractivity contribution in [1.82, 2.24) is 10.3 Å². The van der Waals surface area contributed by atoms with Gasteiger partial charge in [0.2, 0.25) is 0 Å². The normalized spacial score (nSPS) is 14.0. The monoisotopic (exact) mass is 486 g/mol. The Morgan fingerprint density at radius 3 is 2.42 bits per heavy atom. The molecule has 8 heteroatoms. The number of ether oxygens (including phenoxy) is 2. The molecule has 0 spiro atoms. The number of para-hydroxylation sites is 1. The second kappa shape index (κ2) is 12.5. The van der Waals surface area contributed by atoms with Crippen LogP contribution in [0.25, 0.3) is 0 Å². The van der Waals surface area contributed by atoms with Crippen LogP contribution in [0.1, 0.15) is 21.5 Å². The minimum atomic E-state index is -0.460. The Labute approximate surface area is 211 Å². The zero-order valence-electron chi connectivity index (χ0n) is 20.3. The maximum absolute atomic E-state index is 12.5. The predicted molar refractivity (Wildman–Crippen MR) is 139 cm³/mol. The van der Waals surface area contributed by atoms with E-state index >= 15 is 0 Å². The molecule has 0 aliphatic carbocycles. The molecule has 186 valence electrons. The number of hydrazone groups is 1. The molecule has 4 rings (SSSR count). The molecule has 1 saturated heterocycles. The van der Waals surface area contributed by atoms with Gasteiger partial charge in [0, 0.05) is 44.0 Å². The van der Waals surface area contributed by atoms with Crippen LogP contribution >= 0.6 is 0 Å². The molecule has 3 aromatic rings. The first-order valence-corrected chi connectivity index (χ1v) is 11.8. The Hall–Kier alpha value is -4.17. The molecule has 0 saturated carbocycles. The van der Waals surface area contributed by atoms with Crippen molar-refractivity contribution in [2.75, 3.05) is 44.8 Å². The van der Waals surface area contributed by atoms with Gasteiger partial charge < -0.3 is 14.4 Å². The second-order valence-corrected chi connectivity index (χ2v) is 8.43. The van der Waals surface area contributed by atoms with Crippen molar-refractivity contribution in [2.24, 2.45) is 5.10 Å². The fourth-order valence-electron chi connectivity index (χ4n) is 3.94. The number of hydrogen-bond acceptors (Lipinski definition) is 7. The van der Waals surface area contributed by atoms with Crippen LogP contribution in [0.5, 0.6) is 5.75 Å². The van der Waals surface area contributed by atoms with Gasteiger partial charge in [-0.2, -0.15) is 5.10 Å². The van der Waals surface area contributed by atoms with Gasteiger partial charge in [-0.15, -0.1) is 0 Å². The summed E-state index contributed by atoms with van der Waals surface area (Å²) in [6.45, 7) is 4.69. The van der Waals surface area contributed by atoms with Crippen LogP contribution in [0.3, 0.4) is 0 Å². The van der Waals surface area contributed by atoms with Gasteiger partial charge in [-0.25, -0.2) is 10.2 Å². The van der Waals surface area contributed by atoms with Crippen LogP contribution in [0.15, 0.2) is 84.0 Å². The van der Waals surface area contributed by atoms with Gasteiger partial charge in [-0.1, -0.05) is 42.5 Å². The lowest BCUT2D eigenvalue weighted by Gasteiger charge is -2.36. The SMILES string of the molecule is COC(=O)COc1cccc(/C=N\NC(=O)c2ccc(CN3CCN(c4ccccc4)CC3)cc2)c1. The van der Waals surface area contributed by atoms with Crippen LogP contribution in [-0.2, 0) is 16.1 Å². The highest BCUT2D eigenvalue weighted by Crippen LogP contribution is 2.17. The first-order chi connectivity index (χ1) is 17.6. The number of methoxy groups -OCH3 is 1. The molecule has 1 N–H and O–H groups in total. The summed E-state index contributed by atoms with van der Waals surface area (Å²) in [6.07, 6.45) is 1.52. The first kappa shape index (κ1) is 24.9. The predicted octanol–water partition coefficient (Wildman–Crippen LogP) is 3.32. The summed E-state index contributed by atoms with van der Waals surface area (Å²) in [6, 6.07) is 25.2. The second-order valence-electron chi connectivity index (χ2n) is 8.43. The van der Waals surface area contributed by atoms with Crippen molar-refractivity contribution < 1.29 is 19.1 Å².